The first kappa shape index (κ1) is 10.7. The molecule has 1 aliphatic heterocycles. The Labute approximate surface area is 102 Å². The summed E-state index contributed by atoms with van der Waals surface area (Å²) in [6, 6.07) is 4.27. The van der Waals surface area contributed by atoms with Gasteiger partial charge in [0.25, 0.3) is 0 Å². The molecule has 90 valence electrons. The minimum absolute atomic E-state index is 0.364. The highest BCUT2D eigenvalue weighted by Gasteiger charge is 2.22. The van der Waals surface area contributed by atoms with Crippen molar-refractivity contribution >= 4 is 6.08 Å². The predicted octanol–water partition coefficient (Wildman–Crippen LogP) is 4.11. The van der Waals surface area contributed by atoms with Gasteiger partial charge < -0.3 is 9.47 Å². The normalized spacial score (nSPS) is 19.7. The second-order valence-corrected chi connectivity index (χ2v) is 4.80. The largest absolute Gasteiger partial charge is 0.454 e. The van der Waals surface area contributed by atoms with Gasteiger partial charge in [-0.05, 0) is 29.7 Å². The van der Waals surface area contributed by atoms with E-state index in [0.29, 0.717) is 12.7 Å². The zero-order chi connectivity index (χ0) is 11.7. The molecule has 0 aromatic heterocycles. The fourth-order valence-corrected chi connectivity index (χ4v) is 2.63. The summed E-state index contributed by atoms with van der Waals surface area (Å²) in [6.45, 7) is 2.61. The third-order valence-electron chi connectivity index (χ3n) is 3.60. The number of unbranched alkanes of at least 4 members (excludes halogenated alkanes) is 2. The van der Waals surface area contributed by atoms with Gasteiger partial charge in [-0.1, -0.05) is 38.3 Å². The first-order chi connectivity index (χ1) is 8.38. The molecular formula is C15H18O2. The summed E-state index contributed by atoms with van der Waals surface area (Å²) in [4.78, 5) is 0. The topological polar surface area (TPSA) is 18.5 Å². The quantitative estimate of drug-likeness (QED) is 0.725. The molecule has 0 saturated carbocycles. The lowest BCUT2D eigenvalue weighted by atomic mass is 9.94. The van der Waals surface area contributed by atoms with Crippen LogP contribution in [0.3, 0.4) is 0 Å². The van der Waals surface area contributed by atoms with E-state index in [2.05, 4.69) is 31.2 Å². The minimum atomic E-state index is 0.364. The van der Waals surface area contributed by atoms with Crippen molar-refractivity contribution in [2.24, 2.45) is 0 Å². The van der Waals surface area contributed by atoms with Crippen LogP contribution in [-0.4, -0.2) is 6.79 Å². The smallest absolute Gasteiger partial charge is 0.231 e. The average Bonchev–Trinajstić information content (AvgIpc) is 2.93. The van der Waals surface area contributed by atoms with Crippen molar-refractivity contribution in [3.05, 3.63) is 29.3 Å². The van der Waals surface area contributed by atoms with Gasteiger partial charge in [0.2, 0.25) is 6.79 Å². The lowest BCUT2D eigenvalue weighted by molar-refractivity contribution is 0.174. The monoisotopic (exact) mass is 230 g/mol. The Hall–Kier alpha value is -1.44. The van der Waals surface area contributed by atoms with Gasteiger partial charge in [0.05, 0.1) is 0 Å². The lowest BCUT2D eigenvalue weighted by Gasteiger charge is -2.11. The van der Waals surface area contributed by atoms with Crippen molar-refractivity contribution in [2.45, 2.75) is 38.5 Å². The van der Waals surface area contributed by atoms with Crippen LogP contribution in [0.1, 0.15) is 49.7 Å². The van der Waals surface area contributed by atoms with Crippen molar-refractivity contribution in [3.63, 3.8) is 0 Å². The van der Waals surface area contributed by atoms with Crippen LogP contribution >= 0.6 is 0 Å². The van der Waals surface area contributed by atoms with E-state index in [1.54, 1.807) is 0 Å². The molecule has 0 N–H and O–H groups in total. The maximum absolute atomic E-state index is 5.45. The van der Waals surface area contributed by atoms with E-state index in [4.69, 9.17) is 9.47 Å². The molecule has 0 bridgehead atoms. The Morgan fingerprint density at radius 1 is 1.18 bits per heavy atom. The van der Waals surface area contributed by atoms with Gasteiger partial charge in [-0.3, -0.25) is 0 Å². The highest BCUT2D eigenvalue weighted by molar-refractivity contribution is 5.67. The second-order valence-electron chi connectivity index (χ2n) is 4.80. The number of allylic oxidation sites excluding steroid dienone is 1. The Bertz CT molecular complexity index is 448. The predicted molar refractivity (Wildman–Crippen MR) is 68.5 cm³/mol. The van der Waals surface area contributed by atoms with Crippen molar-refractivity contribution in [1.29, 1.82) is 0 Å². The molecule has 0 saturated heterocycles. The van der Waals surface area contributed by atoms with Crippen LogP contribution in [0.2, 0.25) is 0 Å². The van der Waals surface area contributed by atoms with Gasteiger partial charge in [-0.15, -0.1) is 0 Å². The summed E-state index contributed by atoms with van der Waals surface area (Å²) >= 11 is 0. The maximum atomic E-state index is 5.45. The van der Waals surface area contributed by atoms with E-state index in [-0.39, 0.29) is 0 Å². The Balaban J connectivity index is 1.79. The summed E-state index contributed by atoms with van der Waals surface area (Å²) in [5.41, 5.74) is 2.71. The van der Waals surface area contributed by atoms with Crippen LogP contribution in [0.25, 0.3) is 6.08 Å². The zero-order valence-electron chi connectivity index (χ0n) is 10.2. The molecule has 0 amide bonds. The van der Waals surface area contributed by atoms with Crippen molar-refractivity contribution < 1.29 is 9.47 Å². The number of ether oxygens (including phenoxy) is 2. The second kappa shape index (κ2) is 4.44. The standard InChI is InChI=1S/C15H18O2/c1-2-3-4-5-11-6-7-12-8-14-15(9-13(11)12)17-10-16-14/h6-9,11H,2-5,10H2,1H3. The summed E-state index contributed by atoms with van der Waals surface area (Å²) in [7, 11) is 0. The molecule has 0 fully saturated rings. The van der Waals surface area contributed by atoms with Crippen LogP contribution in [-0.2, 0) is 0 Å². The molecule has 1 aromatic carbocycles. The molecule has 1 aliphatic carbocycles. The Morgan fingerprint density at radius 2 is 2.00 bits per heavy atom. The third-order valence-corrected chi connectivity index (χ3v) is 3.60. The van der Waals surface area contributed by atoms with Crippen LogP contribution in [0.4, 0.5) is 0 Å². The van der Waals surface area contributed by atoms with Gasteiger partial charge in [0.15, 0.2) is 11.5 Å². The van der Waals surface area contributed by atoms with Crippen LogP contribution in [0.5, 0.6) is 11.5 Å². The molecular weight excluding hydrogens is 212 g/mol. The average molecular weight is 230 g/mol. The van der Waals surface area contributed by atoms with E-state index in [9.17, 15) is 0 Å². The number of hydrogen-bond donors (Lipinski definition) is 0. The number of benzene rings is 1. The first-order valence-electron chi connectivity index (χ1n) is 6.50. The molecule has 2 aliphatic rings. The van der Waals surface area contributed by atoms with Crippen molar-refractivity contribution in [2.75, 3.05) is 6.79 Å². The Morgan fingerprint density at radius 3 is 2.82 bits per heavy atom. The van der Waals surface area contributed by atoms with Gasteiger partial charge in [-0.25, -0.2) is 0 Å². The molecule has 1 unspecified atom stereocenters. The van der Waals surface area contributed by atoms with E-state index in [1.807, 2.05) is 0 Å². The summed E-state index contributed by atoms with van der Waals surface area (Å²) < 4.78 is 10.8. The molecule has 0 spiro atoms. The molecule has 3 rings (SSSR count). The SMILES string of the molecule is CCCCCC1C=Cc2cc3c(cc21)OCO3. The zero-order valence-corrected chi connectivity index (χ0v) is 10.2. The molecule has 2 nitrogen and oxygen atoms in total. The third kappa shape index (κ3) is 1.92. The van der Waals surface area contributed by atoms with E-state index in [1.165, 1.54) is 36.8 Å². The van der Waals surface area contributed by atoms with E-state index in [0.717, 1.165) is 11.5 Å². The molecule has 1 atom stereocenters. The summed E-state index contributed by atoms with van der Waals surface area (Å²) in [5.74, 6) is 2.38. The van der Waals surface area contributed by atoms with Gasteiger partial charge in [-0.2, -0.15) is 0 Å². The Kier molecular flexibility index (Phi) is 2.79. The molecule has 0 radical (unpaired) electrons. The van der Waals surface area contributed by atoms with Gasteiger partial charge >= 0.3 is 0 Å². The van der Waals surface area contributed by atoms with E-state index >= 15 is 0 Å². The maximum Gasteiger partial charge on any atom is 0.231 e. The van der Waals surface area contributed by atoms with Crippen LogP contribution < -0.4 is 9.47 Å². The molecule has 2 heteroatoms. The van der Waals surface area contributed by atoms with Crippen LogP contribution in [0, 0.1) is 0 Å². The van der Waals surface area contributed by atoms with Gasteiger partial charge in [0, 0.05) is 5.92 Å². The van der Waals surface area contributed by atoms with E-state index < -0.39 is 0 Å². The highest BCUT2D eigenvalue weighted by Crippen LogP contribution is 2.42. The molecule has 1 aromatic rings. The fraction of sp³-hybridized carbons (Fsp3) is 0.467. The number of rotatable bonds is 4. The summed E-state index contributed by atoms with van der Waals surface area (Å²) in [5, 5.41) is 0. The summed E-state index contributed by atoms with van der Waals surface area (Å²) in [6.07, 6.45) is 9.69. The number of fused-ring (bicyclic) bond motifs is 2. The molecule has 17 heavy (non-hydrogen) atoms. The first-order valence-corrected chi connectivity index (χ1v) is 6.50. The lowest BCUT2D eigenvalue weighted by Crippen LogP contribution is -1.94. The minimum Gasteiger partial charge on any atom is -0.454 e. The van der Waals surface area contributed by atoms with Crippen LogP contribution in [0.15, 0.2) is 18.2 Å². The molecule has 1 heterocycles. The highest BCUT2D eigenvalue weighted by atomic mass is 16.7. The number of hydrogen-bond acceptors (Lipinski definition) is 2. The van der Waals surface area contributed by atoms with Gasteiger partial charge in [0.1, 0.15) is 0 Å². The fourth-order valence-electron chi connectivity index (χ4n) is 2.63. The van der Waals surface area contributed by atoms with Crippen molar-refractivity contribution in [3.8, 4) is 11.5 Å². The van der Waals surface area contributed by atoms with Crippen molar-refractivity contribution in [1.82, 2.24) is 0 Å².